The van der Waals surface area contributed by atoms with E-state index >= 15 is 0 Å². The summed E-state index contributed by atoms with van der Waals surface area (Å²) in [5.74, 6) is 0.429. The van der Waals surface area contributed by atoms with E-state index in [0.717, 1.165) is 12.1 Å². The highest BCUT2D eigenvalue weighted by atomic mass is 16.5. The summed E-state index contributed by atoms with van der Waals surface area (Å²) in [6.07, 6.45) is 0.686. The molecule has 22 heavy (non-hydrogen) atoms. The number of nitrogens with zero attached hydrogens (tertiary/aromatic N) is 1. The van der Waals surface area contributed by atoms with Crippen molar-refractivity contribution in [1.82, 2.24) is 0 Å². The van der Waals surface area contributed by atoms with Gasteiger partial charge in [0, 0.05) is 5.56 Å². The molecule has 2 unspecified atom stereocenters. The fraction of sp³-hybridized carbons (Fsp3) is 0.529. The average Bonchev–Trinajstić information content (AvgIpc) is 2.52. The molecule has 0 fully saturated rings. The van der Waals surface area contributed by atoms with Crippen molar-refractivity contribution in [1.29, 1.82) is 0 Å². The smallest absolute Gasteiger partial charge is 0.328 e. The van der Waals surface area contributed by atoms with Gasteiger partial charge in [-0.25, -0.2) is 4.79 Å². The summed E-state index contributed by atoms with van der Waals surface area (Å²) in [6, 6.07) is 4.89. The molecule has 0 bridgehead atoms. The molecule has 1 aromatic carbocycles. The highest BCUT2D eigenvalue weighted by Gasteiger charge is 2.29. The molecule has 0 aromatic heterocycles. The van der Waals surface area contributed by atoms with Crippen molar-refractivity contribution >= 4 is 17.4 Å². The standard InChI is InChI=1S/C17H23NO4/c1-5-11(2)22-17(20)12(3)18-8-9-21-16-7-6-14(13(4)19)10-15(16)18/h6-7,10-12H,5,8-9H2,1-4H3. The van der Waals surface area contributed by atoms with Crippen LogP contribution in [0.1, 0.15) is 44.5 Å². The Morgan fingerprint density at radius 2 is 2.09 bits per heavy atom. The van der Waals surface area contributed by atoms with E-state index in [2.05, 4.69) is 0 Å². The van der Waals surface area contributed by atoms with Gasteiger partial charge in [0.1, 0.15) is 18.4 Å². The molecule has 5 nitrogen and oxygen atoms in total. The number of carbonyl (C=O) groups excluding carboxylic acids is 2. The number of benzene rings is 1. The molecular weight excluding hydrogens is 282 g/mol. The van der Waals surface area contributed by atoms with Gasteiger partial charge in [-0.05, 0) is 45.4 Å². The number of hydrogen-bond donors (Lipinski definition) is 0. The molecule has 1 aliphatic rings. The van der Waals surface area contributed by atoms with Crippen LogP contribution in [0.15, 0.2) is 18.2 Å². The maximum absolute atomic E-state index is 12.3. The Morgan fingerprint density at radius 1 is 1.36 bits per heavy atom. The number of carbonyl (C=O) groups is 2. The lowest BCUT2D eigenvalue weighted by Gasteiger charge is -2.35. The fourth-order valence-corrected chi connectivity index (χ4v) is 2.37. The Morgan fingerprint density at radius 3 is 2.73 bits per heavy atom. The molecule has 5 heteroatoms. The first-order chi connectivity index (χ1) is 10.4. The monoisotopic (exact) mass is 305 g/mol. The maximum Gasteiger partial charge on any atom is 0.328 e. The number of ether oxygens (including phenoxy) is 2. The lowest BCUT2D eigenvalue weighted by Crippen LogP contribution is -2.45. The van der Waals surface area contributed by atoms with Gasteiger partial charge < -0.3 is 14.4 Å². The quantitative estimate of drug-likeness (QED) is 0.618. The van der Waals surface area contributed by atoms with Gasteiger partial charge in [0.05, 0.1) is 18.3 Å². The molecule has 2 rings (SSSR count). The molecule has 1 heterocycles. The first-order valence-electron chi connectivity index (χ1n) is 7.69. The summed E-state index contributed by atoms with van der Waals surface area (Å²) in [5, 5.41) is 0. The average molecular weight is 305 g/mol. The van der Waals surface area contributed by atoms with Crippen molar-refractivity contribution in [3.63, 3.8) is 0 Å². The molecule has 0 N–H and O–H groups in total. The number of hydrogen-bond acceptors (Lipinski definition) is 5. The molecule has 120 valence electrons. The predicted molar refractivity (Wildman–Crippen MR) is 84.6 cm³/mol. The Labute approximate surface area is 131 Å². The van der Waals surface area contributed by atoms with E-state index in [-0.39, 0.29) is 17.9 Å². The van der Waals surface area contributed by atoms with Gasteiger partial charge in [0.15, 0.2) is 5.78 Å². The van der Waals surface area contributed by atoms with Crippen molar-refractivity contribution in [2.24, 2.45) is 0 Å². The molecule has 0 amide bonds. The van der Waals surface area contributed by atoms with Gasteiger partial charge in [-0.3, -0.25) is 4.79 Å². The van der Waals surface area contributed by atoms with Crippen LogP contribution in [-0.2, 0) is 9.53 Å². The SMILES string of the molecule is CCC(C)OC(=O)C(C)N1CCOc2ccc(C(C)=O)cc21. The molecule has 2 atom stereocenters. The van der Waals surface area contributed by atoms with Crippen molar-refractivity contribution in [2.45, 2.75) is 46.3 Å². The van der Waals surface area contributed by atoms with Crippen LogP contribution in [0.4, 0.5) is 5.69 Å². The lowest BCUT2D eigenvalue weighted by molar-refractivity contribution is -0.149. The van der Waals surface area contributed by atoms with Crippen LogP contribution in [0.3, 0.4) is 0 Å². The van der Waals surface area contributed by atoms with Crippen LogP contribution in [0.5, 0.6) is 5.75 Å². The normalized spacial score (nSPS) is 16.3. The Balaban J connectivity index is 2.25. The highest BCUT2D eigenvalue weighted by Crippen LogP contribution is 2.34. The van der Waals surface area contributed by atoms with Gasteiger partial charge in [0.2, 0.25) is 0 Å². The van der Waals surface area contributed by atoms with Crippen LogP contribution < -0.4 is 9.64 Å². The van der Waals surface area contributed by atoms with Crippen LogP contribution in [0.25, 0.3) is 0 Å². The van der Waals surface area contributed by atoms with E-state index in [9.17, 15) is 9.59 Å². The lowest BCUT2D eigenvalue weighted by atomic mass is 10.1. The van der Waals surface area contributed by atoms with E-state index in [0.29, 0.717) is 24.5 Å². The Hall–Kier alpha value is -2.04. The zero-order valence-corrected chi connectivity index (χ0v) is 13.6. The second-order valence-corrected chi connectivity index (χ2v) is 5.61. The van der Waals surface area contributed by atoms with Gasteiger partial charge in [-0.15, -0.1) is 0 Å². The first-order valence-corrected chi connectivity index (χ1v) is 7.69. The molecule has 1 aromatic rings. The van der Waals surface area contributed by atoms with E-state index in [4.69, 9.17) is 9.47 Å². The summed E-state index contributed by atoms with van der Waals surface area (Å²) in [5.41, 5.74) is 1.38. The van der Waals surface area contributed by atoms with Crippen LogP contribution in [-0.4, -0.2) is 37.0 Å². The van der Waals surface area contributed by atoms with Crippen LogP contribution >= 0.6 is 0 Å². The number of fused-ring (bicyclic) bond motifs is 1. The second-order valence-electron chi connectivity index (χ2n) is 5.61. The summed E-state index contributed by atoms with van der Waals surface area (Å²) in [6.45, 7) is 8.30. The molecule has 0 aliphatic carbocycles. The van der Waals surface area contributed by atoms with Crippen molar-refractivity contribution in [3.8, 4) is 5.75 Å². The number of rotatable bonds is 5. The topological polar surface area (TPSA) is 55.8 Å². The molecule has 1 aliphatic heterocycles. The minimum Gasteiger partial charge on any atom is -0.490 e. The van der Waals surface area contributed by atoms with E-state index in [1.807, 2.05) is 25.7 Å². The van der Waals surface area contributed by atoms with E-state index < -0.39 is 6.04 Å². The van der Waals surface area contributed by atoms with Gasteiger partial charge in [0.25, 0.3) is 0 Å². The Bertz CT molecular complexity index is 570. The Kier molecular flexibility index (Phi) is 5.06. The number of ketones is 1. The zero-order chi connectivity index (χ0) is 16.3. The van der Waals surface area contributed by atoms with Crippen molar-refractivity contribution in [3.05, 3.63) is 23.8 Å². The molecule has 0 saturated carbocycles. The van der Waals surface area contributed by atoms with E-state index in [1.54, 1.807) is 18.2 Å². The summed E-state index contributed by atoms with van der Waals surface area (Å²) < 4.78 is 11.0. The van der Waals surface area contributed by atoms with Crippen LogP contribution in [0.2, 0.25) is 0 Å². The minimum atomic E-state index is -0.418. The number of esters is 1. The highest BCUT2D eigenvalue weighted by molar-refractivity contribution is 5.96. The first kappa shape index (κ1) is 16.3. The maximum atomic E-state index is 12.3. The second kappa shape index (κ2) is 6.81. The van der Waals surface area contributed by atoms with Gasteiger partial charge in [-0.1, -0.05) is 6.92 Å². The summed E-state index contributed by atoms with van der Waals surface area (Å²) in [7, 11) is 0. The third-order valence-electron chi connectivity index (χ3n) is 3.97. The third kappa shape index (κ3) is 3.40. The fourth-order valence-electron chi connectivity index (χ4n) is 2.37. The summed E-state index contributed by atoms with van der Waals surface area (Å²) in [4.78, 5) is 25.8. The van der Waals surface area contributed by atoms with Crippen molar-refractivity contribution in [2.75, 3.05) is 18.1 Å². The van der Waals surface area contributed by atoms with E-state index in [1.165, 1.54) is 6.92 Å². The predicted octanol–water partition coefficient (Wildman–Crippen LogP) is 2.82. The summed E-state index contributed by atoms with van der Waals surface area (Å²) >= 11 is 0. The zero-order valence-electron chi connectivity index (χ0n) is 13.6. The molecular formula is C17H23NO4. The largest absolute Gasteiger partial charge is 0.490 e. The number of Topliss-reactive ketones (excluding diaryl/α,β-unsaturated/α-hetero) is 1. The number of anilines is 1. The van der Waals surface area contributed by atoms with Crippen LogP contribution in [0, 0.1) is 0 Å². The molecule has 0 spiro atoms. The minimum absolute atomic E-state index is 0.0110. The molecule has 0 radical (unpaired) electrons. The third-order valence-corrected chi connectivity index (χ3v) is 3.97. The molecule has 0 saturated heterocycles. The van der Waals surface area contributed by atoms with Crippen molar-refractivity contribution < 1.29 is 19.1 Å². The van der Waals surface area contributed by atoms with Gasteiger partial charge >= 0.3 is 5.97 Å². The van der Waals surface area contributed by atoms with Gasteiger partial charge in [-0.2, -0.15) is 0 Å².